The van der Waals surface area contributed by atoms with E-state index < -0.39 is 6.10 Å². The van der Waals surface area contributed by atoms with Gasteiger partial charge < -0.3 is 20.0 Å². The van der Waals surface area contributed by atoms with Gasteiger partial charge >= 0.3 is 0 Å². The summed E-state index contributed by atoms with van der Waals surface area (Å²) in [4.78, 5) is 4.02. The van der Waals surface area contributed by atoms with Crippen LogP contribution in [0.4, 0.5) is 0 Å². The molecule has 1 heterocycles. The zero-order chi connectivity index (χ0) is 10.8. The van der Waals surface area contributed by atoms with Gasteiger partial charge in [-0.05, 0) is 12.1 Å². The van der Waals surface area contributed by atoms with Crippen LogP contribution in [0.5, 0.6) is 5.75 Å². The quantitative estimate of drug-likeness (QED) is 0.780. The molecule has 0 aliphatic heterocycles. The fourth-order valence-electron chi connectivity index (χ4n) is 1.53. The molecule has 1 atom stereocenters. The maximum absolute atomic E-state index is 9.67. The molecule has 0 saturated carbocycles. The number of fused-ring (bicyclic) bond motifs is 1. The van der Waals surface area contributed by atoms with E-state index in [4.69, 9.17) is 14.9 Å². The summed E-state index contributed by atoms with van der Waals surface area (Å²) in [5.74, 6) is 0.513. The fourth-order valence-corrected chi connectivity index (χ4v) is 1.53. The molecule has 0 bridgehead atoms. The molecule has 1 aromatic heterocycles. The first-order chi connectivity index (χ1) is 7.27. The number of aliphatic hydroxyl groups excluding tert-OH is 1. The van der Waals surface area contributed by atoms with Crippen LogP contribution in [0.1, 0.15) is 11.7 Å². The number of benzene rings is 1. The molecule has 0 spiro atoms. The normalized spacial score (nSPS) is 13.0. The van der Waals surface area contributed by atoms with E-state index in [0.717, 1.165) is 0 Å². The Morgan fingerprint density at radius 1 is 1.60 bits per heavy atom. The van der Waals surface area contributed by atoms with Crippen molar-refractivity contribution in [3.05, 3.63) is 24.1 Å². The lowest BCUT2D eigenvalue weighted by atomic mass is 10.1. The predicted octanol–water partition coefficient (Wildman–Crippen LogP) is 0.828. The Kier molecular flexibility index (Phi) is 2.57. The Balaban J connectivity index is 2.63. The first-order valence-corrected chi connectivity index (χ1v) is 4.56. The molecular weight excluding hydrogens is 196 g/mol. The van der Waals surface area contributed by atoms with Gasteiger partial charge in [0, 0.05) is 12.1 Å². The summed E-state index contributed by atoms with van der Waals surface area (Å²) in [6.45, 7) is 0.139. The number of rotatable bonds is 3. The molecule has 0 fully saturated rings. The van der Waals surface area contributed by atoms with E-state index in [-0.39, 0.29) is 6.54 Å². The number of methoxy groups -OCH3 is 1. The van der Waals surface area contributed by atoms with Gasteiger partial charge in [-0.1, -0.05) is 0 Å². The number of ether oxygens (including phenoxy) is 1. The topological polar surface area (TPSA) is 81.5 Å². The minimum absolute atomic E-state index is 0.139. The van der Waals surface area contributed by atoms with Crippen molar-refractivity contribution >= 4 is 11.1 Å². The van der Waals surface area contributed by atoms with E-state index in [0.29, 0.717) is 22.4 Å². The van der Waals surface area contributed by atoms with Crippen molar-refractivity contribution in [1.29, 1.82) is 0 Å². The molecule has 0 aliphatic carbocycles. The van der Waals surface area contributed by atoms with Gasteiger partial charge in [0.05, 0.1) is 13.2 Å². The first kappa shape index (κ1) is 9.95. The molecular formula is C10H12N2O3. The Morgan fingerprint density at radius 2 is 2.40 bits per heavy atom. The molecule has 0 saturated heterocycles. The van der Waals surface area contributed by atoms with Crippen LogP contribution >= 0.6 is 0 Å². The van der Waals surface area contributed by atoms with Crippen LogP contribution in [0.3, 0.4) is 0 Å². The van der Waals surface area contributed by atoms with Gasteiger partial charge in [0.2, 0.25) is 0 Å². The zero-order valence-electron chi connectivity index (χ0n) is 8.30. The van der Waals surface area contributed by atoms with Crippen molar-refractivity contribution in [1.82, 2.24) is 4.98 Å². The van der Waals surface area contributed by atoms with E-state index in [1.54, 1.807) is 12.1 Å². The van der Waals surface area contributed by atoms with Crippen molar-refractivity contribution < 1.29 is 14.3 Å². The number of aromatic nitrogens is 1. The van der Waals surface area contributed by atoms with Crippen LogP contribution in [0.25, 0.3) is 11.1 Å². The van der Waals surface area contributed by atoms with Crippen LogP contribution < -0.4 is 10.5 Å². The number of aliphatic hydroxyl groups is 1. The smallest absolute Gasteiger partial charge is 0.182 e. The minimum atomic E-state index is -0.749. The number of nitrogens with two attached hydrogens (primary N) is 1. The highest BCUT2D eigenvalue weighted by Gasteiger charge is 2.16. The van der Waals surface area contributed by atoms with Crippen LogP contribution in [0.2, 0.25) is 0 Å². The number of nitrogens with zero attached hydrogens (tertiary/aromatic N) is 1. The average molecular weight is 208 g/mol. The lowest BCUT2D eigenvalue weighted by molar-refractivity contribution is 0.182. The van der Waals surface area contributed by atoms with Crippen LogP contribution in [0, 0.1) is 0 Å². The first-order valence-electron chi connectivity index (χ1n) is 4.56. The third-order valence-corrected chi connectivity index (χ3v) is 2.27. The largest absolute Gasteiger partial charge is 0.494 e. The molecule has 5 heteroatoms. The Morgan fingerprint density at radius 3 is 3.07 bits per heavy atom. The summed E-state index contributed by atoms with van der Waals surface area (Å²) in [6, 6.07) is 3.46. The highest BCUT2D eigenvalue weighted by atomic mass is 16.5. The Hall–Kier alpha value is -1.59. The summed E-state index contributed by atoms with van der Waals surface area (Å²) >= 11 is 0. The second-order valence-corrected chi connectivity index (χ2v) is 3.14. The van der Waals surface area contributed by atoms with Gasteiger partial charge in [-0.3, -0.25) is 0 Å². The van der Waals surface area contributed by atoms with Crippen molar-refractivity contribution in [2.24, 2.45) is 5.73 Å². The van der Waals surface area contributed by atoms with Crippen molar-refractivity contribution in [3.8, 4) is 5.75 Å². The van der Waals surface area contributed by atoms with Gasteiger partial charge in [0.15, 0.2) is 23.2 Å². The summed E-state index contributed by atoms with van der Waals surface area (Å²) in [5, 5.41) is 9.67. The van der Waals surface area contributed by atoms with Crippen LogP contribution in [0.15, 0.2) is 22.9 Å². The SMILES string of the molecule is COc1c(C(O)CN)ccc2ocnc12. The highest BCUT2D eigenvalue weighted by molar-refractivity contribution is 5.81. The van der Waals surface area contributed by atoms with Gasteiger partial charge in [0.1, 0.15) is 0 Å². The lowest BCUT2D eigenvalue weighted by Crippen LogP contribution is -2.12. The fraction of sp³-hybridized carbons (Fsp3) is 0.300. The van der Waals surface area contributed by atoms with Crippen molar-refractivity contribution in [3.63, 3.8) is 0 Å². The molecule has 15 heavy (non-hydrogen) atoms. The van der Waals surface area contributed by atoms with Crippen LogP contribution in [-0.4, -0.2) is 23.7 Å². The average Bonchev–Trinajstić information content (AvgIpc) is 2.74. The minimum Gasteiger partial charge on any atom is -0.494 e. The zero-order valence-corrected chi connectivity index (χ0v) is 8.30. The van der Waals surface area contributed by atoms with E-state index in [2.05, 4.69) is 4.98 Å². The summed E-state index contributed by atoms with van der Waals surface area (Å²) in [5.41, 5.74) is 7.25. The Labute approximate surface area is 86.5 Å². The summed E-state index contributed by atoms with van der Waals surface area (Å²) < 4.78 is 10.3. The van der Waals surface area contributed by atoms with Crippen molar-refractivity contribution in [2.75, 3.05) is 13.7 Å². The number of hydrogen-bond donors (Lipinski definition) is 2. The molecule has 3 N–H and O–H groups in total. The maximum atomic E-state index is 9.67. The molecule has 0 amide bonds. The third kappa shape index (κ3) is 1.55. The van der Waals surface area contributed by atoms with E-state index in [1.165, 1.54) is 13.5 Å². The Bertz CT molecular complexity index is 467. The van der Waals surface area contributed by atoms with E-state index >= 15 is 0 Å². The number of hydrogen-bond acceptors (Lipinski definition) is 5. The molecule has 0 aliphatic rings. The molecule has 80 valence electrons. The standard InChI is InChI=1S/C10H12N2O3/c1-14-10-6(7(13)4-11)2-3-8-9(10)12-5-15-8/h2-3,5,7,13H,4,11H2,1H3. The van der Waals surface area contributed by atoms with Gasteiger partial charge in [0.25, 0.3) is 0 Å². The van der Waals surface area contributed by atoms with E-state index in [1.807, 2.05) is 0 Å². The summed E-state index contributed by atoms with van der Waals surface area (Å²) in [6.07, 6.45) is 0.590. The monoisotopic (exact) mass is 208 g/mol. The van der Waals surface area contributed by atoms with Crippen molar-refractivity contribution in [2.45, 2.75) is 6.10 Å². The van der Waals surface area contributed by atoms with Gasteiger partial charge in [-0.25, -0.2) is 4.98 Å². The highest BCUT2D eigenvalue weighted by Crippen LogP contribution is 2.32. The predicted molar refractivity (Wildman–Crippen MR) is 54.6 cm³/mol. The lowest BCUT2D eigenvalue weighted by Gasteiger charge is -2.12. The van der Waals surface area contributed by atoms with Gasteiger partial charge in [-0.2, -0.15) is 0 Å². The molecule has 2 rings (SSSR count). The number of oxazole rings is 1. The summed E-state index contributed by atoms with van der Waals surface area (Å²) in [7, 11) is 1.52. The second-order valence-electron chi connectivity index (χ2n) is 3.14. The van der Waals surface area contributed by atoms with E-state index in [9.17, 15) is 5.11 Å². The molecule has 0 radical (unpaired) electrons. The second kappa shape index (κ2) is 3.88. The molecule has 1 aromatic carbocycles. The molecule has 1 unspecified atom stereocenters. The molecule has 2 aromatic rings. The van der Waals surface area contributed by atoms with Gasteiger partial charge in [-0.15, -0.1) is 0 Å². The third-order valence-electron chi connectivity index (χ3n) is 2.27. The maximum Gasteiger partial charge on any atom is 0.182 e. The molecule has 5 nitrogen and oxygen atoms in total. The van der Waals surface area contributed by atoms with Crippen LogP contribution in [-0.2, 0) is 0 Å².